The molecule has 0 bridgehead atoms. The molecule has 0 radical (unpaired) electrons. The molecule has 0 fully saturated rings. The van der Waals surface area contributed by atoms with Crippen LogP contribution in [0, 0.1) is 0 Å². The number of ketones is 1. The average Bonchev–Trinajstić information content (AvgIpc) is 2.88. The zero-order chi connectivity index (χ0) is 29.1. The topological polar surface area (TPSA) is 99.5 Å². The van der Waals surface area contributed by atoms with E-state index >= 15 is 0 Å². The predicted octanol–water partition coefficient (Wildman–Crippen LogP) is 4.88. The Morgan fingerprint density at radius 2 is 1.69 bits per heavy atom. The maximum absolute atomic E-state index is 13.8. The zero-order valence-electron chi connectivity index (χ0n) is 23.6. The molecule has 210 valence electrons. The van der Waals surface area contributed by atoms with Crippen LogP contribution in [-0.2, 0) is 33.4 Å². The van der Waals surface area contributed by atoms with Crippen LogP contribution in [-0.4, -0.2) is 46.3 Å². The molecule has 3 rings (SSSR count). The van der Waals surface area contributed by atoms with Gasteiger partial charge in [-0.15, -0.1) is 0 Å². The van der Waals surface area contributed by atoms with E-state index in [1.807, 2.05) is 27.7 Å². The number of hydrogen-bond acceptors (Lipinski definition) is 6. The molecule has 1 aromatic heterocycles. The molecule has 0 saturated heterocycles. The van der Waals surface area contributed by atoms with Crippen molar-refractivity contribution in [2.24, 2.45) is 7.05 Å². The van der Waals surface area contributed by atoms with Crippen LogP contribution in [0.3, 0.4) is 0 Å². The van der Waals surface area contributed by atoms with Crippen LogP contribution in [0.15, 0.2) is 59.5 Å². The Hall–Kier alpha value is -3.04. The van der Waals surface area contributed by atoms with E-state index in [1.165, 1.54) is 10.6 Å². The second-order valence-corrected chi connectivity index (χ2v) is 15.3. The molecular formula is C30H37NO6S2. The minimum atomic E-state index is -3.33. The van der Waals surface area contributed by atoms with Gasteiger partial charge in [0.15, 0.2) is 15.6 Å². The standard InChI is InChI=1S/C30H37NO6S2/c1-8-39(35,36)19-21-9-14-24(29(33)22-10-12-23(37-7)13-11-22)26(15-21)27-17-31(6)28(32)16-25(27)20(2)18-38(34)30(3,4)5/h9-17,20H,8,18-19H2,1-7H3/t20-,38-/m1/s1. The Morgan fingerprint density at radius 3 is 2.26 bits per heavy atom. The van der Waals surface area contributed by atoms with Crippen LogP contribution in [0.5, 0.6) is 5.75 Å². The summed E-state index contributed by atoms with van der Waals surface area (Å²) in [6, 6.07) is 13.3. The van der Waals surface area contributed by atoms with Crippen LogP contribution < -0.4 is 10.3 Å². The van der Waals surface area contributed by atoms with Gasteiger partial charge in [0.2, 0.25) is 0 Å². The van der Waals surface area contributed by atoms with E-state index in [-0.39, 0.29) is 28.8 Å². The van der Waals surface area contributed by atoms with Gasteiger partial charge in [-0.3, -0.25) is 13.8 Å². The average molecular weight is 572 g/mol. The van der Waals surface area contributed by atoms with Crippen LogP contribution in [0.2, 0.25) is 0 Å². The fraction of sp³-hybridized carbons (Fsp3) is 0.400. The highest BCUT2D eigenvalue weighted by Crippen LogP contribution is 2.34. The van der Waals surface area contributed by atoms with Crippen molar-refractivity contribution in [3.63, 3.8) is 0 Å². The molecule has 2 atom stereocenters. The van der Waals surface area contributed by atoms with Crippen molar-refractivity contribution in [2.45, 2.75) is 51.0 Å². The quantitative estimate of drug-likeness (QED) is 0.322. The van der Waals surface area contributed by atoms with E-state index in [4.69, 9.17) is 4.74 Å². The van der Waals surface area contributed by atoms with E-state index in [2.05, 4.69) is 0 Å². The van der Waals surface area contributed by atoms with Crippen LogP contribution in [0.25, 0.3) is 11.1 Å². The fourth-order valence-corrected chi connectivity index (χ4v) is 6.23. The molecule has 39 heavy (non-hydrogen) atoms. The first-order valence-electron chi connectivity index (χ1n) is 12.8. The molecule has 0 spiro atoms. The third kappa shape index (κ3) is 7.33. The van der Waals surface area contributed by atoms with E-state index in [0.717, 1.165) is 0 Å². The highest BCUT2D eigenvalue weighted by Gasteiger charge is 2.26. The number of ether oxygens (including phenoxy) is 1. The Morgan fingerprint density at radius 1 is 1.05 bits per heavy atom. The Labute approximate surface area is 233 Å². The van der Waals surface area contributed by atoms with Gasteiger partial charge in [-0.1, -0.05) is 26.0 Å². The summed E-state index contributed by atoms with van der Waals surface area (Å²) in [6.07, 6.45) is 1.67. The first-order valence-corrected chi connectivity index (χ1v) is 15.9. The lowest BCUT2D eigenvalue weighted by molar-refractivity contribution is 0.103. The van der Waals surface area contributed by atoms with Crippen molar-refractivity contribution in [2.75, 3.05) is 18.6 Å². The number of nitrogens with zero attached hydrogens (tertiary/aromatic N) is 1. The van der Waals surface area contributed by atoms with Gasteiger partial charge in [0, 0.05) is 63.1 Å². The molecule has 2 aromatic carbocycles. The van der Waals surface area contributed by atoms with E-state index in [0.29, 0.717) is 44.9 Å². The van der Waals surface area contributed by atoms with Gasteiger partial charge in [-0.05, 0) is 73.7 Å². The number of aryl methyl sites for hydroxylation is 1. The van der Waals surface area contributed by atoms with Gasteiger partial charge in [0.05, 0.1) is 12.9 Å². The summed E-state index contributed by atoms with van der Waals surface area (Å²) < 4.78 is 44.1. The molecule has 0 aliphatic heterocycles. The highest BCUT2D eigenvalue weighted by atomic mass is 32.2. The van der Waals surface area contributed by atoms with Crippen molar-refractivity contribution in [1.82, 2.24) is 4.57 Å². The lowest BCUT2D eigenvalue weighted by atomic mass is 9.88. The Kier molecular flexibility index (Phi) is 9.39. The number of sulfone groups is 1. The molecule has 0 N–H and O–H groups in total. The van der Waals surface area contributed by atoms with Gasteiger partial charge >= 0.3 is 0 Å². The number of hydrogen-bond donors (Lipinski definition) is 0. The molecule has 0 unspecified atom stereocenters. The highest BCUT2D eigenvalue weighted by molar-refractivity contribution is 7.90. The monoisotopic (exact) mass is 571 g/mol. The van der Waals surface area contributed by atoms with Crippen molar-refractivity contribution in [1.29, 1.82) is 0 Å². The first-order chi connectivity index (χ1) is 18.2. The largest absolute Gasteiger partial charge is 0.497 e. The van der Waals surface area contributed by atoms with Gasteiger partial charge in [-0.2, -0.15) is 0 Å². The van der Waals surface area contributed by atoms with Crippen molar-refractivity contribution >= 4 is 26.4 Å². The normalized spacial score (nSPS) is 13.6. The number of aromatic nitrogens is 1. The predicted molar refractivity (Wildman–Crippen MR) is 158 cm³/mol. The second-order valence-electron chi connectivity index (χ2n) is 10.7. The van der Waals surface area contributed by atoms with Gasteiger partial charge in [0.25, 0.3) is 5.56 Å². The summed E-state index contributed by atoms with van der Waals surface area (Å²) in [5, 5.41) is 0. The summed E-state index contributed by atoms with van der Waals surface area (Å²) in [4.78, 5) is 26.5. The molecule has 0 aliphatic rings. The van der Waals surface area contributed by atoms with Crippen LogP contribution in [0.1, 0.15) is 67.6 Å². The number of benzene rings is 2. The number of pyridine rings is 1. The van der Waals surface area contributed by atoms with Gasteiger partial charge in [0.1, 0.15) is 5.75 Å². The minimum absolute atomic E-state index is 0.00436. The number of carbonyl (C=O) groups is 1. The van der Waals surface area contributed by atoms with Gasteiger partial charge in [-0.25, -0.2) is 8.42 Å². The second kappa shape index (κ2) is 12.0. The number of methoxy groups -OCH3 is 1. The number of carbonyl (C=O) groups excluding carboxylic acids is 1. The maximum Gasteiger partial charge on any atom is 0.250 e. The Bertz CT molecular complexity index is 1550. The van der Waals surface area contributed by atoms with Crippen LogP contribution in [0.4, 0.5) is 0 Å². The van der Waals surface area contributed by atoms with E-state index < -0.39 is 25.4 Å². The first kappa shape index (κ1) is 30.5. The zero-order valence-corrected chi connectivity index (χ0v) is 25.2. The number of rotatable bonds is 10. The smallest absolute Gasteiger partial charge is 0.250 e. The molecule has 9 heteroatoms. The summed E-state index contributed by atoms with van der Waals surface area (Å²) in [5.41, 5.74) is 2.96. The lowest BCUT2D eigenvalue weighted by Crippen LogP contribution is -2.27. The summed E-state index contributed by atoms with van der Waals surface area (Å²) in [7, 11) is -1.33. The maximum atomic E-state index is 13.8. The summed E-state index contributed by atoms with van der Waals surface area (Å²) >= 11 is 0. The molecular weight excluding hydrogens is 534 g/mol. The lowest BCUT2D eigenvalue weighted by Gasteiger charge is -2.23. The Balaban J connectivity index is 2.26. The van der Waals surface area contributed by atoms with Crippen molar-refractivity contribution in [3.8, 4) is 16.9 Å². The van der Waals surface area contributed by atoms with Gasteiger partial charge < -0.3 is 9.30 Å². The summed E-state index contributed by atoms with van der Waals surface area (Å²) in [5.74, 6) is 0.264. The van der Waals surface area contributed by atoms with Crippen LogP contribution >= 0.6 is 0 Å². The third-order valence-corrected chi connectivity index (χ3v) is 10.5. The SMILES string of the molecule is CCS(=O)(=O)Cc1ccc(C(=O)c2ccc(OC)cc2)c(-c2cn(C)c(=O)cc2[C@H](C)C[S@@](=O)C(C)(C)C)c1. The van der Waals surface area contributed by atoms with E-state index in [1.54, 1.807) is 69.7 Å². The van der Waals surface area contributed by atoms with E-state index in [9.17, 15) is 22.2 Å². The molecule has 3 aromatic rings. The molecule has 7 nitrogen and oxygen atoms in total. The fourth-order valence-electron chi connectivity index (χ4n) is 4.20. The molecule has 1 heterocycles. The minimum Gasteiger partial charge on any atom is -0.497 e. The third-order valence-electron chi connectivity index (χ3n) is 6.67. The summed E-state index contributed by atoms with van der Waals surface area (Å²) in [6.45, 7) is 9.23. The molecule has 0 saturated carbocycles. The molecule has 0 aliphatic carbocycles. The van der Waals surface area contributed by atoms with Crippen molar-refractivity contribution < 1.29 is 22.2 Å². The van der Waals surface area contributed by atoms with Crippen molar-refractivity contribution in [3.05, 3.63) is 87.3 Å². The molecule has 0 amide bonds.